The Hall–Kier alpha value is -1.37. The van der Waals surface area contributed by atoms with E-state index in [1.807, 2.05) is 6.92 Å². The van der Waals surface area contributed by atoms with Crippen LogP contribution >= 0.6 is 27.5 Å². The van der Waals surface area contributed by atoms with Crippen molar-refractivity contribution in [1.82, 2.24) is 8.96 Å². The molecule has 4 nitrogen and oxygen atoms in total. The van der Waals surface area contributed by atoms with Gasteiger partial charge < -0.3 is 0 Å². The summed E-state index contributed by atoms with van der Waals surface area (Å²) >= 11 is 9.45. The van der Waals surface area contributed by atoms with E-state index in [0.29, 0.717) is 20.5 Å². The average Bonchev–Trinajstić information content (AvgIpc) is 2.79. The molecule has 0 spiro atoms. The number of halogens is 2. The maximum Gasteiger partial charge on any atom is 0.269 e. The van der Waals surface area contributed by atoms with Gasteiger partial charge in [0, 0.05) is 16.9 Å². The van der Waals surface area contributed by atoms with Crippen LogP contribution < -0.4 is 0 Å². The topological polar surface area (TPSA) is 52.0 Å². The van der Waals surface area contributed by atoms with E-state index in [2.05, 4.69) is 20.9 Å². The van der Waals surface area contributed by atoms with Crippen LogP contribution in [0, 0.1) is 6.92 Å². The summed E-state index contributed by atoms with van der Waals surface area (Å²) in [4.78, 5) is 4.35. The normalized spacial score (nSPS) is 12.0. The van der Waals surface area contributed by atoms with Crippen molar-refractivity contribution < 1.29 is 8.42 Å². The molecule has 0 aliphatic heterocycles. The highest BCUT2D eigenvalue weighted by molar-refractivity contribution is 9.10. The van der Waals surface area contributed by atoms with Crippen LogP contribution in [0.15, 0.2) is 52.1 Å². The summed E-state index contributed by atoms with van der Waals surface area (Å²) in [5.74, 6) is 0. The van der Waals surface area contributed by atoms with E-state index in [9.17, 15) is 8.42 Å². The van der Waals surface area contributed by atoms with Crippen LogP contribution in [-0.4, -0.2) is 17.4 Å². The number of pyridine rings is 1. The first-order chi connectivity index (χ1) is 9.91. The predicted octanol–water partition coefficient (Wildman–Crippen LogP) is 4.00. The number of hydrogen-bond acceptors (Lipinski definition) is 3. The lowest BCUT2D eigenvalue weighted by atomic mass is 10.2. The number of rotatable bonds is 2. The van der Waals surface area contributed by atoms with Crippen LogP contribution in [0.2, 0.25) is 5.02 Å². The molecule has 0 aliphatic rings. The SMILES string of the molecule is Cc1ccc(S(=O)(=O)n2cc(Br)c3c(Cl)ccnc32)cc1. The first kappa shape index (κ1) is 14.6. The molecule has 0 N–H and O–H groups in total. The molecule has 2 aromatic heterocycles. The van der Waals surface area contributed by atoms with Gasteiger partial charge in [-0.05, 0) is 41.1 Å². The van der Waals surface area contributed by atoms with Gasteiger partial charge in [-0.25, -0.2) is 17.4 Å². The molecule has 0 saturated carbocycles. The standard InChI is InChI=1S/C14H10BrClN2O2S/c1-9-2-4-10(5-3-9)21(19,20)18-8-11(15)13-12(16)6-7-17-14(13)18/h2-8H,1H3. The van der Waals surface area contributed by atoms with Crippen LogP contribution in [-0.2, 0) is 10.0 Å². The van der Waals surface area contributed by atoms with Crippen molar-refractivity contribution in [3.05, 3.63) is 57.8 Å². The highest BCUT2D eigenvalue weighted by Gasteiger charge is 2.22. The Kier molecular flexibility index (Phi) is 3.55. The zero-order chi connectivity index (χ0) is 15.2. The van der Waals surface area contributed by atoms with Gasteiger partial charge in [-0.1, -0.05) is 29.3 Å². The fraction of sp³-hybridized carbons (Fsp3) is 0.0714. The van der Waals surface area contributed by atoms with E-state index < -0.39 is 10.0 Å². The largest absolute Gasteiger partial charge is 0.269 e. The Balaban J connectivity index is 2.29. The lowest BCUT2D eigenvalue weighted by molar-refractivity contribution is 0.588. The van der Waals surface area contributed by atoms with E-state index >= 15 is 0 Å². The van der Waals surface area contributed by atoms with Crippen molar-refractivity contribution in [2.24, 2.45) is 0 Å². The third-order valence-corrected chi connectivity index (χ3v) is 5.72. The monoisotopic (exact) mass is 384 g/mol. The van der Waals surface area contributed by atoms with Gasteiger partial charge in [0.2, 0.25) is 0 Å². The molecule has 0 amide bonds. The molecule has 7 heteroatoms. The van der Waals surface area contributed by atoms with Crippen LogP contribution in [0.25, 0.3) is 11.0 Å². The molecular weight excluding hydrogens is 376 g/mol. The molecule has 0 fully saturated rings. The lowest BCUT2D eigenvalue weighted by Crippen LogP contribution is -2.12. The minimum Gasteiger partial charge on any atom is -0.237 e. The second-order valence-electron chi connectivity index (χ2n) is 4.58. The quantitative estimate of drug-likeness (QED) is 0.670. The zero-order valence-corrected chi connectivity index (χ0v) is 14.1. The van der Waals surface area contributed by atoms with Crippen LogP contribution in [0.3, 0.4) is 0 Å². The van der Waals surface area contributed by atoms with Crippen molar-refractivity contribution in [3.63, 3.8) is 0 Å². The minimum atomic E-state index is -3.71. The molecule has 0 unspecified atom stereocenters. The van der Waals surface area contributed by atoms with Crippen LogP contribution in [0.1, 0.15) is 5.56 Å². The average molecular weight is 386 g/mol. The molecule has 0 bridgehead atoms. The van der Waals surface area contributed by atoms with Gasteiger partial charge in [0.05, 0.1) is 15.3 Å². The summed E-state index contributed by atoms with van der Waals surface area (Å²) in [5, 5.41) is 1.03. The highest BCUT2D eigenvalue weighted by atomic mass is 79.9. The lowest BCUT2D eigenvalue weighted by Gasteiger charge is -2.07. The summed E-state index contributed by atoms with van der Waals surface area (Å²) in [6.07, 6.45) is 2.96. The summed E-state index contributed by atoms with van der Waals surface area (Å²) in [5.41, 5.74) is 1.30. The van der Waals surface area contributed by atoms with Crippen molar-refractivity contribution >= 4 is 48.6 Å². The number of fused-ring (bicyclic) bond motifs is 1. The number of aryl methyl sites for hydroxylation is 1. The highest BCUT2D eigenvalue weighted by Crippen LogP contribution is 2.33. The molecule has 0 atom stereocenters. The van der Waals surface area contributed by atoms with Gasteiger partial charge in [-0.3, -0.25) is 0 Å². The first-order valence-electron chi connectivity index (χ1n) is 6.04. The van der Waals surface area contributed by atoms with Gasteiger partial charge in [-0.15, -0.1) is 0 Å². The third kappa shape index (κ3) is 2.37. The van der Waals surface area contributed by atoms with Crippen molar-refractivity contribution in [3.8, 4) is 0 Å². The number of hydrogen-bond donors (Lipinski definition) is 0. The predicted molar refractivity (Wildman–Crippen MR) is 86.2 cm³/mol. The van der Waals surface area contributed by atoms with Gasteiger partial charge in [0.25, 0.3) is 10.0 Å². The maximum absolute atomic E-state index is 12.7. The molecule has 3 rings (SSSR count). The Bertz CT molecular complexity index is 934. The smallest absolute Gasteiger partial charge is 0.237 e. The molecule has 0 saturated heterocycles. The summed E-state index contributed by atoms with van der Waals surface area (Å²) in [6.45, 7) is 1.90. The van der Waals surface area contributed by atoms with Gasteiger partial charge >= 0.3 is 0 Å². The molecule has 0 aliphatic carbocycles. The molecule has 108 valence electrons. The van der Waals surface area contributed by atoms with E-state index in [-0.39, 0.29) is 4.90 Å². The van der Waals surface area contributed by atoms with E-state index in [0.717, 1.165) is 9.54 Å². The van der Waals surface area contributed by atoms with Crippen molar-refractivity contribution in [2.75, 3.05) is 0 Å². The van der Waals surface area contributed by atoms with E-state index in [1.54, 1.807) is 30.3 Å². The molecule has 1 aromatic carbocycles. The van der Waals surface area contributed by atoms with E-state index in [1.165, 1.54) is 12.4 Å². The summed E-state index contributed by atoms with van der Waals surface area (Å²) < 4.78 is 27.2. The van der Waals surface area contributed by atoms with Crippen molar-refractivity contribution in [1.29, 1.82) is 0 Å². The Labute approximate surface area is 135 Å². The molecule has 21 heavy (non-hydrogen) atoms. The van der Waals surface area contributed by atoms with Crippen LogP contribution in [0.5, 0.6) is 0 Å². The summed E-state index contributed by atoms with van der Waals surface area (Å²) in [7, 11) is -3.71. The second kappa shape index (κ2) is 5.12. The minimum absolute atomic E-state index is 0.208. The fourth-order valence-electron chi connectivity index (χ4n) is 2.05. The number of benzene rings is 1. The third-order valence-electron chi connectivity index (χ3n) is 3.14. The molecule has 2 heterocycles. The Morgan fingerprint density at radius 2 is 1.86 bits per heavy atom. The van der Waals surface area contributed by atoms with E-state index in [4.69, 9.17) is 11.6 Å². The number of nitrogens with zero attached hydrogens (tertiary/aromatic N) is 2. The number of aromatic nitrogens is 2. The fourth-order valence-corrected chi connectivity index (χ4v) is 4.46. The summed E-state index contributed by atoms with van der Waals surface area (Å²) in [6, 6.07) is 8.30. The van der Waals surface area contributed by atoms with Gasteiger partial charge in [0.1, 0.15) is 0 Å². The molecule has 0 radical (unpaired) electrons. The van der Waals surface area contributed by atoms with Gasteiger partial charge in [-0.2, -0.15) is 0 Å². The first-order valence-corrected chi connectivity index (χ1v) is 8.65. The Morgan fingerprint density at radius 1 is 1.19 bits per heavy atom. The Morgan fingerprint density at radius 3 is 2.52 bits per heavy atom. The molecular formula is C14H10BrClN2O2S. The van der Waals surface area contributed by atoms with Crippen molar-refractivity contribution in [2.45, 2.75) is 11.8 Å². The second-order valence-corrected chi connectivity index (χ2v) is 7.66. The van der Waals surface area contributed by atoms with Gasteiger partial charge in [0.15, 0.2) is 5.65 Å². The zero-order valence-electron chi connectivity index (χ0n) is 10.9. The maximum atomic E-state index is 12.7. The van der Waals surface area contributed by atoms with Crippen LogP contribution in [0.4, 0.5) is 0 Å². The molecule has 3 aromatic rings.